The van der Waals surface area contributed by atoms with E-state index in [1.54, 1.807) is 42.3 Å². The highest BCUT2D eigenvalue weighted by molar-refractivity contribution is 5.90. The van der Waals surface area contributed by atoms with Gasteiger partial charge >= 0.3 is 0 Å². The highest BCUT2D eigenvalue weighted by Gasteiger charge is 2.51. The lowest BCUT2D eigenvalue weighted by atomic mass is 9.85. The quantitative estimate of drug-likeness (QED) is 0.720. The molecule has 1 unspecified atom stereocenters. The lowest BCUT2D eigenvalue weighted by Crippen LogP contribution is -2.39. The summed E-state index contributed by atoms with van der Waals surface area (Å²) in [7, 11) is 0. The minimum absolute atomic E-state index is 0.0585. The molecule has 8 nitrogen and oxygen atoms in total. The molecule has 2 fully saturated rings. The van der Waals surface area contributed by atoms with Crippen molar-refractivity contribution in [3.05, 3.63) is 54.4 Å². The Morgan fingerprint density at radius 3 is 2.62 bits per heavy atom. The monoisotopic (exact) mass is 436 g/mol. The van der Waals surface area contributed by atoms with Gasteiger partial charge in [0.25, 0.3) is 5.91 Å². The average molecular weight is 437 g/mol. The first-order chi connectivity index (χ1) is 15.5. The van der Waals surface area contributed by atoms with Crippen LogP contribution in [0, 0.1) is 5.41 Å². The van der Waals surface area contributed by atoms with E-state index in [9.17, 15) is 14.4 Å². The molecule has 168 valence electrons. The Bertz CT molecular complexity index is 979. The van der Waals surface area contributed by atoms with Crippen molar-refractivity contribution in [2.24, 2.45) is 5.41 Å². The Hall–Kier alpha value is -3.42. The smallest absolute Gasteiger partial charge is 0.260 e. The van der Waals surface area contributed by atoms with E-state index in [1.165, 1.54) is 0 Å². The molecule has 2 aliphatic rings. The van der Waals surface area contributed by atoms with Gasteiger partial charge in [0.1, 0.15) is 5.75 Å². The highest BCUT2D eigenvalue weighted by Crippen LogP contribution is 2.41. The Labute approximate surface area is 187 Å². The Kier molecular flexibility index (Phi) is 6.39. The maximum atomic E-state index is 13.1. The van der Waals surface area contributed by atoms with Crippen LogP contribution in [0.15, 0.2) is 48.7 Å². The average Bonchev–Trinajstić information content (AvgIpc) is 3.39. The zero-order valence-corrected chi connectivity index (χ0v) is 18.3. The normalized spacial score (nSPS) is 20.1. The number of hydrogen-bond donors (Lipinski definition) is 1. The summed E-state index contributed by atoms with van der Waals surface area (Å²) in [6.07, 6.45) is 3.58. The molecule has 0 bridgehead atoms. The number of carbonyl (C=O) groups excluding carboxylic acids is 3. The van der Waals surface area contributed by atoms with Gasteiger partial charge in [-0.15, -0.1) is 0 Å². The molecule has 8 heteroatoms. The Morgan fingerprint density at radius 1 is 1.12 bits per heavy atom. The standard InChI is InChI=1S/C24H28N4O4/c1-2-21(29)26-18-6-8-20(9-7-18)32-16-22(30)28-14-11-24(17-28)10-13-27(23(24)31)15-19-5-3-4-12-25-19/h3-9,12H,2,10-11,13-17H2,1H3,(H,26,29). The largest absolute Gasteiger partial charge is 0.484 e. The number of nitrogens with zero attached hydrogens (tertiary/aromatic N) is 3. The molecule has 1 aromatic carbocycles. The van der Waals surface area contributed by atoms with Crippen LogP contribution in [0.4, 0.5) is 5.69 Å². The van der Waals surface area contributed by atoms with Gasteiger partial charge in [-0.1, -0.05) is 13.0 Å². The van der Waals surface area contributed by atoms with Gasteiger partial charge < -0.3 is 19.9 Å². The summed E-state index contributed by atoms with van der Waals surface area (Å²) in [5.74, 6) is 0.488. The van der Waals surface area contributed by atoms with Crippen LogP contribution >= 0.6 is 0 Å². The van der Waals surface area contributed by atoms with Gasteiger partial charge in [-0.3, -0.25) is 19.4 Å². The van der Waals surface area contributed by atoms with E-state index in [0.717, 1.165) is 12.1 Å². The lowest BCUT2D eigenvalue weighted by Gasteiger charge is -2.23. The summed E-state index contributed by atoms with van der Waals surface area (Å²) in [4.78, 5) is 45.2. The molecular weight excluding hydrogens is 408 g/mol. The highest BCUT2D eigenvalue weighted by atomic mass is 16.5. The van der Waals surface area contributed by atoms with Gasteiger partial charge in [0, 0.05) is 37.9 Å². The molecule has 1 spiro atoms. The summed E-state index contributed by atoms with van der Waals surface area (Å²) in [6, 6.07) is 12.6. The molecular formula is C24H28N4O4. The van der Waals surface area contributed by atoms with Crippen LogP contribution in [-0.2, 0) is 20.9 Å². The third kappa shape index (κ3) is 4.74. The Morgan fingerprint density at radius 2 is 1.91 bits per heavy atom. The van der Waals surface area contributed by atoms with Gasteiger partial charge in [0.15, 0.2) is 6.61 Å². The molecule has 3 amide bonds. The number of hydrogen-bond acceptors (Lipinski definition) is 5. The summed E-state index contributed by atoms with van der Waals surface area (Å²) in [5.41, 5.74) is 1.08. The number of anilines is 1. The van der Waals surface area contributed by atoms with Crippen LogP contribution in [0.2, 0.25) is 0 Å². The number of benzene rings is 1. The fourth-order valence-corrected chi connectivity index (χ4v) is 4.32. The third-order valence-electron chi connectivity index (χ3n) is 6.21. The van der Waals surface area contributed by atoms with Crippen molar-refractivity contribution in [1.82, 2.24) is 14.8 Å². The van der Waals surface area contributed by atoms with E-state index in [-0.39, 0.29) is 24.3 Å². The van der Waals surface area contributed by atoms with Gasteiger partial charge in [-0.05, 0) is 49.2 Å². The number of likely N-dealkylation sites (tertiary alicyclic amines) is 2. The number of rotatable bonds is 7. The van der Waals surface area contributed by atoms with Crippen molar-refractivity contribution < 1.29 is 19.1 Å². The van der Waals surface area contributed by atoms with E-state index in [2.05, 4.69) is 10.3 Å². The van der Waals surface area contributed by atoms with E-state index in [1.807, 2.05) is 23.1 Å². The summed E-state index contributed by atoms with van der Waals surface area (Å²) in [6.45, 7) is 3.91. The lowest BCUT2D eigenvalue weighted by molar-refractivity contribution is -0.137. The first kappa shape index (κ1) is 21.8. The van der Waals surface area contributed by atoms with Gasteiger partial charge in [-0.2, -0.15) is 0 Å². The number of carbonyl (C=O) groups is 3. The number of pyridine rings is 1. The molecule has 2 aliphatic heterocycles. The minimum atomic E-state index is -0.483. The van der Waals surface area contributed by atoms with Crippen LogP contribution in [0.25, 0.3) is 0 Å². The number of nitrogens with one attached hydrogen (secondary N) is 1. The van der Waals surface area contributed by atoms with Crippen molar-refractivity contribution in [3.63, 3.8) is 0 Å². The first-order valence-electron chi connectivity index (χ1n) is 11.0. The van der Waals surface area contributed by atoms with E-state index in [4.69, 9.17) is 4.74 Å². The van der Waals surface area contributed by atoms with Gasteiger partial charge in [0.05, 0.1) is 17.7 Å². The van der Waals surface area contributed by atoms with E-state index < -0.39 is 5.41 Å². The third-order valence-corrected chi connectivity index (χ3v) is 6.21. The summed E-state index contributed by atoms with van der Waals surface area (Å²) in [5, 5.41) is 2.77. The fourth-order valence-electron chi connectivity index (χ4n) is 4.32. The molecule has 2 aromatic rings. The molecule has 4 rings (SSSR count). The number of ether oxygens (including phenoxy) is 1. The van der Waals surface area contributed by atoms with Crippen molar-refractivity contribution in [3.8, 4) is 5.75 Å². The maximum Gasteiger partial charge on any atom is 0.260 e. The SMILES string of the molecule is CCC(=O)Nc1ccc(OCC(=O)N2CCC3(CCN(Cc4ccccn4)C3=O)C2)cc1. The first-order valence-corrected chi connectivity index (χ1v) is 11.0. The van der Waals surface area contributed by atoms with Crippen LogP contribution in [0.3, 0.4) is 0 Å². The molecule has 1 aromatic heterocycles. The van der Waals surface area contributed by atoms with Crippen molar-refractivity contribution in [2.75, 3.05) is 31.6 Å². The predicted octanol–water partition coefficient (Wildman–Crippen LogP) is 2.46. The second-order valence-electron chi connectivity index (χ2n) is 8.36. The zero-order valence-electron chi connectivity index (χ0n) is 18.3. The van der Waals surface area contributed by atoms with E-state index >= 15 is 0 Å². The van der Waals surface area contributed by atoms with Crippen LogP contribution < -0.4 is 10.1 Å². The second-order valence-corrected chi connectivity index (χ2v) is 8.36. The number of aromatic nitrogens is 1. The number of amides is 3. The summed E-state index contributed by atoms with van der Waals surface area (Å²) >= 11 is 0. The van der Waals surface area contributed by atoms with Gasteiger partial charge in [0.2, 0.25) is 11.8 Å². The molecule has 32 heavy (non-hydrogen) atoms. The zero-order chi connectivity index (χ0) is 22.6. The van der Waals surface area contributed by atoms with Crippen LogP contribution in [0.1, 0.15) is 31.9 Å². The van der Waals surface area contributed by atoms with Crippen molar-refractivity contribution >= 4 is 23.4 Å². The van der Waals surface area contributed by atoms with Crippen LogP contribution in [-0.4, -0.2) is 58.7 Å². The van der Waals surface area contributed by atoms with Gasteiger partial charge in [-0.25, -0.2) is 0 Å². The van der Waals surface area contributed by atoms with Crippen molar-refractivity contribution in [2.45, 2.75) is 32.7 Å². The minimum Gasteiger partial charge on any atom is -0.484 e. The molecule has 0 aliphatic carbocycles. The summed E-state index contributed by atoms with van der Waals surface area (Å²) < 4.78 is 5.64. The predicted molar refractivity (Wildman–Crippen MR) is 119 cm³/mol. The molecule has 3 heterocycles. The molecule has 0 radical (unpaired) electrons. The Balaban J connectivity index is 1.28. The second kappa shape index (κ2) is 9.38. The van der Waals surface area contributed by atoms with E-state index in [0.29, 0.717) is 50.5 Å². The topological polar surface area (TPSA) is 91.8 Å². The van der Waals surface area contributed by atoms with Crippen LogP contribution in [0.5, 0.6) is 5.75 Å². The van der Waals surface area contributed by atoms with Crippen molar-refractivity contribution in [1.29, 1.82) is 0 Å². The fraction of sp³-hybridized carbons (Fsp3) is 0.417. The molecule has 0 saturated carbocycles. The maximum absolute atomic E-state index is 13.1. The molecule has 1 N–H and O–H groups in total. The molecule has 1 atom stereocenters. The molecule has 2 saturated heterocycles.